The number of alkyl halides is 1. The number of nitrogen functional groups attached to an aromatic ring is 1. The van der Waals surface area contributed by atoms with Crippen molar-refractivity contribution in [2.75, 3.05) is 12.8 Å². The number of aromatic nitrogens is 5. The summed E-state index contributed by atoms with van der Waals surface area (Å²) in [5, 5.41) is 0. The number of rotatable bonds is 5. The molecule has 158 valence electrons. The van der Waals surface area contributed by atoms with Gasteiger partial charge in [0.05, 0.1) is 18.4 Å². The first kappa shape index (κ1) is 20.0. The van der Waals surface area contributed by atoms with E-state index >= 15 is 0 Å². The van der Waals surface area contributed by atoms with Crippen LogP contribution in [-0.2, 0) is 5.88 Å². The number of halogens is 1. The Bertz CT molecular complexity index is 1410. The zero-order valence-electron chi connectivity index (χ0n) is 17.2. The van der Waals surface area contributed by atoms with Crippen molar-refractivity contribution in [1.29, 1.82) is 0 Å². The van der Waals surface area contributed by atoms with E-state index in [0.29, 0.717) is 40.3 Å². The molecule has 0 spiro atoms. The molecule has 0 unspecified atom stereocenters. The number of hydrogen-bond acceptors (Lipinski definition) is 6. The van der Waals surface area contributed by atoms with Crippen LogP contribution < -0.4 is 10.5 Å². The number of hydrogen-bond donors (Lipinski definition) is 1. The molecule has 0 radical (unpaired) electrons. The largest absolute Gasteiger partial charge is 0.494 e. The minimum atomic E-state index is 0.396. The molecule has 5 rings (SSSR count). The van der Waals surface area contributed by atoms with Gasteiger partial charge in [-0.05, 0) is 54.1 Å². The van der Waals surface area contributed by atoms with Crippen molar-refractivity contribution in [3.8, 4) is 34.2 Å². The minimum absolute atomic E-state index is 0.396. The normalized spacial score (nSPS) is 11.1. The number of nitrogens with zero attached hydrogens (tertiary/aromatic N) is 5. The first-order valence-corrected chi connectivity index (χ1v) is 10.5. The third-order valence-electron chi connectivity index (χ3n) is 5.17. The van der Waals surface area contributed by atoms with E-state index in [9.17, 15) is 0 Å². The second-order valence-corrected chi connectivity index (χ2v) is 7.37. The fourth-order valence-corrected chi connectivity index (χ4v) is 3.78. The van der Waals surface area contributed by atoms with Crippen molar-refractivity contribution in [1.82, 2.24) is 24.5 Å². The lowest BCUT2D eigenvalue weighted by molar-refractivity contribution is 0.414. The fourth-order valence-electron chi connectivity index (χ4n) is 3.60. The molecular weight excluding hydrogens is 424 g/mol. The molecule has 0 amide bonds. The molecule has 0 bridgehead atoms. The number of methoxy groups -OCH3 is 1. The number of fused-ring (bicyclic) bond motifs is 1. The van der Waals surface area contributed by atoms with Crippen LogP contribution >= 0.6 is 11.6 Å². The quantitative estimate of drug-likeness (QED) is 0.390. The molecule has 0 aliphatic rings. The van der Waals surface area contributed by atoms with E-state index in [4.69, 9.17) is 32.0 Å². The van der Waals surface area contributed by atoms with E-state index in [-0.39, 0.29) is 0 Å². The third-order valence-corrected chi connectivity index (χ3v) is 5.47. The zero-order valence-corrected chi connectivity index (χ0v) is 18.0. The van der Waals surface area contributed by atoms with E-state index in [1.165, 1.54) is 0 Å². The number of benzene rings is 1. The summed E-state index contributed by atoms with van der Waals surface area (Å²) in [5.74, 6) is 2.14. The molecule has 0 fully saturated rings. The molecule has 8 heteroatoms. The molecule has 0 saturated carbocycles. The molecule has 7 nitrogen and oxygen atoms in total. The monoisotopic (exact) mass is 442 g/mol. The average molecular weight is 443 g/mol. The molecule has 32 heavy (non-hydrogen) atoms. The maximum Gasteiger partial charge on any atom is 0.165 e. The standard InChI is InChI=1S/C24H19ClN6O/c1-32-20-5-3-12-27-21(20)18-10-11-19-24(29-18)31(16-8-6-15(14-25)7-9-16)23(30-19)17-4-2-13-28-22(17)26/h2-13H,14H2,1H3,(H2,26,28). The first-order valence-electron chi connectivity index (χ1n) is 9.94. The van der Waals surface area contributed by atoms with E-state index in [0.717, 1.165) is 22.3 Å². The van der Waals surface area contributed by atoms with E-state index in [1.807, 2.05) is 65.2 Å². The summed E-state index contributed by atoms with van der Waals surface area (Å²) in [4.78, 5) is 18.5. The van der Waals surface area contributed by atoms with E-state index < -0.39 is 0 Å². The van der Waals surface area contributed by atoms with Crippen LogP contribution in [0.15, 0.2) is 73.1 Å². The molecule has 0 saturated heterocycles. The highest BCUT2D eigenvalue weighted by atomic mass is 35.5. The van der Waals surface area contributed by atoms with Crippen LogP contribution in [0.25, 0.3) is 39.6 Å². The zero-order chi connectivity index (χ0) is 22.1. The van der Waals surface area contributed by atoms with E-state index in [2.05, 4.69) is 9.97 Å². The highest BCUT2D eigenvalue weighted by Gasteiger charge is 2.19. The van der Waals surface area contributed by atoms with Crippen LogP contribution in [0.4, 0.5) is 5.82 Å². The van der Waals surface area contributed by atoms with Gasteiger partial charge in [-0.25, -0.2) is 15.0 Å². The Morgan fingerprint density at radius 2 is 1.72 bits per heavy atom. The van der Waals surface area contributed by atoms with Gasteiger partial charge in [-0.3, -0.25) is 9.55 Å². The van der Waals surface area contributed by atoms with Crippen molar-refractivity contribution in [2.24, 2.45) is 0 Å². The smallest absolute Gasteiger partial charge is 0.165 e. The summed E-state index contributed by atoms with van der Waals surface area (Å²) in [6, 6.07) is 19.2. The van der Waals surface area contributed by atoms with Crippen LogP contribution in [0.3, 0.4) is 0 Å². The molecule has 0 aliphatic carbocycles. The van der Waals surface area contributed by atoms with Crippen LogP contribution in [0.1, 0.15) is 5.56 Å². The van der Waals surface area contributed by atoms with Crippen molar-refractivity contribution >= 4 is 28.6 Å². The van der Waals surface area contributed by atoms with Gasteiger partial charge in [-0.15, -0.1) is 11.6 Å². The van der Waals surface area contributed by atoms with Gasteiger partial charge >= 0.3 is 0 Å². The SMILES string of the molecule is COc1cccnc1-c1ccc2nc(-c3cccnc3N)n(-c3ccc(CCl)cc3)c2n1. The second kappa shape index (κ2) is 8.28. The summed E-state index contributed by atoms with van der Waals surface area (Å²) in [6.07, 6.45) is 3.37. The molecule has 0 aliphatic heterocycles. The Morgan fingerprint density at radius 1 is 0.938 bits per heavy atom. The Labute approximate surface area is 189 Å². The van der Waals surface area contributed by atoms with Gasteiger partial charge in [0.15, 0.2) is 11.5 Å². The van der Waals surface area contributed by atoms with Gasteiger partial charge in [0.2, 0.25) is 0 Å². The van der Waals surface area contributed by atoms with Crippen molar-refractivity contribution in [3.63, 3.8) is 0 Å². The van der Waals surface area contributed by atoms with Gasteiger partial charge in [0.1, 0.15) is 22.8 Å². The molecule has 1 aromatic carbocycles. The Kier molecular flexibility index (Phi) is 5.17. The molecule has 0 atom stereocenters. The first-order chi connectivity index (χ1) is 15.7. The predicted molar refractivity (Wildman–Crippen MR) is 126 cm³/mol. The van der Waals surface area contributed by atoms with Crippen LogP contribution in [0.5, 0.6) is 5.75 Å². The van der Waals surface area contributed by atoms with Crippen molar-refractivity contribution in [3.05, 3.63) is 78.6 Å². The number of nitrogens with two attached hydrogens (primary N) is 1. The van der Waals surface area contributed by atoms with E-state index in [1.54, 1.807) is 19.5 Å². The highest BCUT2D eigenvalue weighted by Crippen LogP contribution is 2.33. The minimum Gasteiger partial charge on any atom is -0.494 e. The summed E-state index contributed by atoms with van der Waals surface area (Å²) < 4.78 is 7.45. The maximum absolute atomic E-state index is 6.20. The summed E-state index contributed by atoms with van der Waals surface area (Å²) in [5.41, 5.74) is 11.6. The maximum atomic E-state index is 6.20. The molecule has 5 aromatic rings. The van der Waals surface area contributed by atoms with Gasteiger partial charge in [0, 0.05) is 24.0 Å². The van der Waals surface area contributed by atoms with Gasteiger partial charge in [0.25, 0.3) is 0 Å². The third kappa shape index (κ3) is 3.42. The number of anilines is 1. The van der Waals surface area contributed by atoms with Gasteiger partial charge in [-0.2, -0.15) is 0 Å². The van der Waals surface area contributed by atoms with Gasteiger partial charge in [-0.1, -0.05) is 12.1 Å². The number of ether oxygens (including phenoxy) is 1. The predicted octanol–water partition coefficient (Wildman–Crippen LogP) is 4.87. The number of pyridine rings is 3. The Hall–Kier alpha value is -3.97. The van der Waals surface area contributed by atoms with Crippen LogP contribution in [0, 0.1) is 0 Å². The van der Waals surface area contributed by atoms with Crippen molar-refractivity contribution < 1.29 is 4.74 Å². The fraction of sp³-hybridized carbons (Fsp3) is 0.0833. The van der Waals surface area contributed by atoms with Crippen molar-refractivity contribution in [2.45, 2.75) is 5.88 Å². The molecular formula is C24H19ClN6O. The highest BCUT2D eigenvalue weighted by molar-refractivity contribution is 6.17. The number of imidazole rings is 1. The summed E-state index contributed by atoms with van der Waals surface area (Å²) >= 11 is 5.99. The second-order valence-electron chi connectivity index (χ2n) is 7.10. The topological polar surface area (TPSA) is 91.7 Å². The average Bonchev–Trinajstić information content (AvgIpc) is 3.22. The Morgan fingerprint density at radius 3 is 2.47 bits per heavy atom. The molecule has 4 aromatic heterocycles. The Balaban J connectivity index is 1.79. The lowest BCUT2D eigenvalue weighted by Gasteiger charge is -2.11. The lowest BCUT2D eigenvalue weighted by Crippen LogP contribution is -2.02. The summed E-state index contributed by atoms with van der Waals surface area (Å²) in [7, 11) is 1.62. The van der Waals surface area contributed by atoms with Gasteiger partial charge < -0.3 is 10.5 Å². The molecule has 4 heterocycles. The van der Waals surface area contributed by atoms with Crippen LogP contribution in [-0.4, -0.2) is 31.6 Å². The summed E-state index contributed by atoms with van der Waals surface area (Å²) in [6.45, 7) is 0. The lowest BCUT2D eigenvalue weighted by atomic mass is 10.2. The van der Waals surface area contributed by atoms with Crippen LogP contribution in [0.2, 0.25) is 0 Å². The molecule has 2 N–H and O–H groups in total.